The lowest BCUT2D eigenvalue weighted by molar-refractivity contribution is 0.455. The quantitative estimate of drug-likeness (QED) is 0.311. The molecule has 0 saturated heterocycles. The molecule has 0 aromatic heterocycles. The zero-order valence-corrected chi connectivity index (χ0v) is 18.1. The Labute approximate surface area is 186 Å². The van der Waals surface area contributed by atoms with Gasteiger partial charge in [-0.2, -0.15) is 8.42 Å². The lowest BCUT2D eigenvalue weighted by Gasteiger charge is -2.34. The maximum atomic E-state index is 13.0. The zero-order chi connectivity index (χ0) is 21.6. The fraction of sp³-hybridized carbons (Fsp3) is 0.0526. The molecule has 0 heterocycles. The monoisotopic (exact) mass is 492 g/mol. The van der Waals surface area contributed by atoms with Crippen LogP contribution in [0.5, 0.6) is 11.5 Å². The standard InChI is InChI=1S/C19H12Cl4O5S/c20-11-4-6-15(21)14(9-11)19(29(26,27)28,10-2-1-3-12(24)8-10)13-5-7-16(25)18(23)17(13)22/h1-9,24-25H,(H,26,27,28). The summed E-state index contributed by atoms with van der Waals surface area (Å²) in [6.07, 6.45) is 0. The Bertz CT molecular complexity index is 1210. The molecule has 0 aliphatic heterocycles. The second kappa shape index (κ2) is 7.87. The van der Waals surface area contributed by atoms with Crippen molar-refractivity contribution in [3.8, 4) is 11.5 Å². The number of aromatic hydroxyl groups is 2. The molecule has 0 bridgehead atoms. The first-order valence-corrected chi connectivity index (χ1v) is 10.8. The summed E-state index contributed by atoms with van der Waals surface area (Å²) in [5.41, 5.74) is -0.393. The summed E-state index contributed by atoms with van der Waals surface area (Å²) in [4.78, 5) is 0. The lowest BCUT2D eigenvalue weighted by Crippen LogP contribution is -2.39. The topological polar surface area (TPSA) is 94.8 Å². The molecule has 3 rings (SSSR count). The Morgan fingerprint density at radius 1 is 0.793 bits per heavy atom. The molecule has 5 nitrogen and oxygen atoms in total. The third kappa shape index (κ3) is 3.65. The van der Waals surface area contributed by atoms with E-state index in [0.29, 0.717) is 0 Å². The van der Waals surface area contributed by atoms with Gasteiger partial charge in [0.25, 0.3) is 10.1 Å². The van der Waals surface area contributed by atoms with Gasteiger partial charge in [0.15, 0.2) is 4.75 Å². The number of hydrogen-bond acceptors (Lipinski definition) is 4. The first-order valence-electron chi connectivity index (χ1n) is 7.89. The molecule has 10 heteroatoms. The summed E-state index contributed by atoms with van der Waals surface area (Å²) in [6.45, 7) is 0. The van der Waals surface area contributed by atoms with Crippen molar-refractivity contribution in [2.75, 3.05) is 0 Å². The van der Waals surface area contributed by atoms with Crippen molar-refractivity contribution < 1.29 is 23.2 Å². The molecule has 0 radical (unpaired) electrons. The van der Waals surface area contributed by atoms with Gasteiger partial charge < -0.3 is 10.2 Å². The van der Waals surface area contributed by atoms with E-state index in [4.69, 9.17) is 46.4 Å². The van der Waals surface area contributed by atoms with Crippen LogP contribution >= 0.6 is 46.4 Å². The van der Waals surface area contributed by atoms with Crippen molar-refractivity contribution in [1.29, 1.82) is 0 Å². The van der Waals surface area contributed by atoms with Gasteiger partial charge in [0.2, 0.25) is 0 Å². The zero-order valence-electron chi connectivity index (χ0n) is 14.3. The number of hydrogen-bond donors (Lipinski definition) is 3. The van der Waals surface area contributed by atoms with Gasteiger partial charge in [-0.25, -0.2) is 0 Å². The van der Waals surface area contributed by atoms with Crippen LogP contribution in [0.25, 0.3) is 0 Å². The van der Waals surface area contributed by atoms with Crippen molar-refractivity contribution in [2.24, 2.45) is 0 Å². The average molecular weight is 494 g/mol. The first kappa shape index (κ1) is 22.0. The van der Waals surface area contributed by atoms with Crippen LogP contribution in [0.1, 0.15) is 16.7 Å². The molecule has 0 saturated carbocycles. The van der Waals surface area contributed by atoms with Crippen LogP contribution in [0.4, 0.5) is 0 Å². The lowest BCUT2D eigenvalue weighted by atomic mass is 9.83. The largest absolute Gasteiger partial charge is 0.508 e. The molecular weight excluding hydrogens is 482 g/mol. The van der Waals surface area contributed by atoms with Gasteiger partial charge >= 0.3 is 0 Å². The van der Waals surface area contributed by atoms with E-state index in [2.05, 4.69) is 0 Å². The molecule has 3 aromatic carbocycles. The molecule has 0 spiro atoms. The maximum absolute atomic E-state index is 13.0. The summed E-state index contributed by atoms with van der Waals surface area (Å²) in [5.74, 6) is -0.660. The summed E-state index contributed by atoms with van der Waals surface area (Å²) >= 11 is 24.8. The number of rotatable bonds is 4. The van der Waals surface area contributed by atoms with Gasteiger partial charge in [0.1, 0.15) is 16.5 Å². The van der Waals surface area contributed by atoms with Crippen LogP contribution in [0.2, 0.25) is 20.1 Å². The van der Waals surface area contributed by atoms with E-state index in [0.717, 1.165) is 12.1 Å². The van der Waals surface area contributed by atoms with E-state index in [1.165, 1.54) is 42.5 Å². The second-order valence-corrected chi connectivity index (χ2v) is 9.25. The smallest absolute Gasteiger partial charge is 0.283 e. The molecule has 3 N–H and O–H groups in total. The first-order chi connectivity index (χ1) is 13.5. The third-order valence-corrected chi connectivity index (χ3v) is 7.27. The molecule has 1 unspecified atom stereocenters. The van der Waals surface area contributed by atoms with Crippen LogP contribution in [-0.4, -0.2) is 23.2 Å². The van der Waals surface area contributed by atoms with Crippen LogP contribution in [0, 0.1) is 0 Å². The van der Waals surface area contributed by atoms with Crippen LogP contribution in [0.3, 0.4) is 0 Å². The Morgan fingerprint density at radius 3 is 2.10 bits per heavy atom. The molecule has 29 heavy (non-hydrogen) atoms. The SMILES string of the molecule is O=S(=O)(O)C(c1cccc(O)c1)(c1cc(Cl)ccc1Cl)c1ccc(O)c(Cl)c1Cl. The van der Waals surface area contributed by atoms with Gasteiger partial charge in [-0.15, -0.1) is 0 Å². The molecule has 3 aromatic rings. The van der Waals surface area contributed by atoms with E-state index in [1.54, 1.807) is 0 Å². The average Bonchev–Trinajstić information content (AvgIpc) is 2.64. The summed E-state index contributed by atoms with van der Waals surface area (Å²) in [6, 6.07) is 11.6. The summed E-state index contributed by atoms with van der Waals surface area (Å²) < 4.78 is 34.1. The highest BCUT2D eigenvalue weighted by Crippen LogP contribution is 2.51. The van der Waals surface area contributed by atoms with Gasteiger partial charge in [0.05, 0.1) is 5.02 Å². The molecule has 1 atom stereocenters. The van der Waals surface area contributed by atoms with E-state index in [1.807, 2.05) is 0 Å². The van der Waals surface area contributed by atoms with Crippen molar-refractivity contribution >= 4 is 56.5 Å². The predicted molar refractivity (Wildman–Crippen MR) is 114 cm³/mol. The molecular formula is C19H12Cl4O5S. The maximum Gasteiger partial charge on any atom is 0.283 e. The third-order valence-electron chi connectivity index (χ3n) is 4.39. The fourth-order valence-electron chi connectivity index (χ4n) is 3.19. The highest BCUT2D eigenvalue weighted by molar-refractivity contribution is 7.87. The van der Waals surface area contributed by atoms with Crippen LogP contribution < -0.4 is 0 Å². The van der Waals surface area contributed by atoms with Crippen molar-refractivity contribution in [3.63, 3.8) is 0 Å². The van der Waals surface area contributed by atoms with Crippen molar-refractivity contribution in [3.05, 3.63) is 91.4 Å². The highest BCUT2D eigenvalue weighted by atomic mass is 35.5. The Morgan fingerprint density at radius 2 is 1.48 bits per heavy atom. The highest BCUT2D eigenvalue weighted by Gasteiger charge is 2.51. The molecule has 0 aliphatic carbocycles. The normalized spacial score (nSPS) is 13.8. The van der Waals surface area contributed by atoms with Gasteiger partial charge in [-0.3, -0.25) is 4.55 Å². The van der Waals surface area contributed by atoms with E-state index in [9.17, 15) is 23.2 Å². The van der Waals surface area contributed by atoms with E-state index < -0.39 is 20.6 Å². The molecule has 0 fully saturated rings. The Kier molecular flexibility index (Phi) is 5.98. The summed E-state index contributed by atoms with van der Waals surface area (Å²) in [7, 11) is -5.07. The minimum absolute atomic E-state index is 0.0457. The van der Waals surface area contributed by atoms with E-state index in [-0.39, 0.29) is 42.5 Å². The van der Waals surface area contributed by atoms with Gasteiger partial charge in [-0.1, -0.05) is 64.6 Å². The minimum Gasteiger partial charge on any atom is -0.508 e. The number of halogens is 4. The Balaban J connectivity index is 2.63. The predicted octanol–water partition coefficient (Wildman–Crippen LogP) is 5.89. The van der Waals surface area contributed by atoms with Crippen LogP contribution in [0.15, 0.2) is 54.6 Å². The van der Waals surface area contributed by atoms with Gasteiger partial charge in [0, 0.05) is 21.2 Å². The molecule has 0 amide bonds. The molecule has 0 aliphatic rings. The number of benzene rings is 3. The van der Waals surface area contributed by atoms with Crippen LogP contribution in [-0.2, 0) is 14.9 Å². The number of phenols is 2. The summed E-state index contributed by atoms with van der Waals surface area (Å²) in [5, 5.41) is 19.3. The second-order valence-electron chi connectivity index (χ2n) is 6.09. The van der Waals surface area contributed by atoms with E-state index >= 15 is 0 Å². The fourth-order valence-corrected chi connectivity index (χ4v) is 5.52. The van der Waals surface area contributed by atoms with Crippen molar-refractivity contribution in [1.82, 2.24) is 0 Å². The van der Waals surface area contributed by atoms with Gasteiger partial charge in [-0.05, 0) is 42.0 Å². The minimum atomic E-state index is -5.07. The molecule has 152 valence electrons. The number of phenolic OH excluding ortho intramolecular Hbond substituents is 2. The van der Waals surface area contributed by atoms with Crippen molar-refractivity contribution in [2.45, 2.75) is 4.75 Å². The Hall–Kier alpha value is -1.67.